The van der Waals surface area contributed by atoms with Crippen molar-refractivity contribution in [3.63, 3.8) is 0 Å². The average molecular weight is 340 g/mol. The molecule has 1 aromatic rings. The number of hydrogen-bond acceptors (Lipinski definition) is 2. The van der Waals surface area contributed by atoms with E-state index in [4.69, 9.17) is 4.74 Å². The molecule has 1 aromatic carbocycles. The molecule has 2 fully saturated rings. The fraction of sp³-hybridized carbons (Fsp3) is 0.591. The van der Waals surface area contributed by atoms with Gasteiger partial charge >= 0.3 is 5.97 Å². The number of carbonyl (C=O) groups excluding carboxylic acids is 1. The molecule has 5 atom stereocenters. The molecule has 0 bridgehead atoms. The molecule has 0 aromatic heterocycles. The van der Waals surface area contributed by atoms with Crippen molar-refractivity contribution in [2.75, 3.05) is 6.54 Å². The maximum absolute atomic E-state index is 12.5. The van der Waals surface area contributed by atoms with Crippen LogP contribution >= 0.6 is 0 Å². The minimum absolute atomic E-state index is 0.0138. The fourth-order valence-corrected chi connectivity index (χ4v) is 5.36. The normalized spacial score (nSPS) is 37.0. The van der Waals surface area contributed by atoms with Gasteiger partial charge in [0.2, 0.25) is 0 Å². The van der Waals surface area contributed by atoms with Crippen LogP contribution in [0, 0.1) is 23.2 Å². The van der Waals surface area contributed by atoms with Crippen LogP contribution in [0.1, 0.15) is 45.1 Å². The molecule has 1 saturated carbocycles. The van der Waals surface area contributed by atoms with Gasteiger partial charge in [0, 0.05) is 11.5 Å². The molecular weight excluding hydrogens is 310 g/mol. The number of nitrogens with two attached hydrogens (primary N) is 1. The second-order valence-corrected chi connectivity index (χ2v) is 8.55. The monoisotopic (exact) mass is 340 g/mol. The molecule has 134 valence electrons. The first-order valence-electron chi connectivity index (χ1n) is 9.85. The Kier molecular flexibility index (Phi) is 4.45. The lowest BCUT2D eigenvalue weighted by Gasteiger charge is -2.45. The molecule has 2 N–H and O–H groups in total. The molecule has 25 heavy (non-hydrogen) atoms. The van der Waals surface area contributed by atoms with Gasteiger partial charge in [0.25, 0.3) is 0 Å². The highest BCUT2D eigenvalue weighted by atomic mass is 16.6. The maximum Gasteiger partial charge on any atom is 0.315 e. The van der Waals surface area contributed by atoms with Crippen molar-refractivity contribution in [2.45, 2.75) is 52.2 Å². The van der Waals surface area contributed by atoms with Gasteiger partial charge in [-0.15, -0.1) is 0 Å². The Balaban J connectivity index is 1.47. The first-order chi connectivity index (χ1) is 12.1. The molecular formula is C22H30NO2+. The highest BCUT2D eigenvalue weighted by molar-refractivity contribution is 5.76. The van der Waals surface area contributed by atoms with Crippen molar-refractivity contribution in [3.8, 4) is 0 Å². The number of benzene rings is 1. The van der Waals surface area contributed by atoms with Gasteiger partial charge in [-0.1, -0.05) is 62.2 Å². The molecule has 0 radical (unpaired) electrons. The van der Waals surface area contributed by atoms with Gasteiger partial charge in [0.05, 0.1) is 6.54 Å². The zero-order chi connectivity index (χ0) is 17.4. The molecule has 3 nitrogen and oxygen atoms in total. The smallest absolute Gasteiger partial charge is 0.315 e. The topological polar surface area (TPSA) is 42.9 Å². The largest absolute Gasteiger partial charge is 0.461 e. The van der Waals surface area contributed by atoms with Gasteiger partial charge in [-0.2, -0.15) is 0 Å². The van der Waals surface area contributed by atoms with E-state index in [1.54, 1.807) is 5.57 Å². The molecule has 0 spiro atoms. The van der Waals surface area contributed by atoms with Crippen molar-refractivity contribution in [3.05, 3.63) is 47.5 Å². The molecule has 1 saturated heterocycles. The lowest BCUT2D eigenvalue weighted by molar-refractivity contribution is -0.674. The zero-order valence-electron chi connectivity index (χ0n) is 15.4. The number of carbonyl (C=O) groups is 1. The Labute approximate surface area is 150 Å². The van der Waals surface area contributed by atoms with Crippen LogP contribution in [0.15, 0.2) is 42.0 Å². The summed E-state index contributed by atoms with van der Waals surface area (Å²) in [7, 11) is 0. The van der Waals surface area contributed by atoms with Crippen LogP contribution < -0.4 is 5.32 Å². The third-order valence-electron chi connectivity index (χ3n) is 6.72. The Bertz CT molecular complexity index is 668. The van der Waals surface area contributed by atoms with E-state index in [-0.39, 0.29) is 29.3 Å². The first-order valence-corrected chi connectivity index (χ1v) is 9.85. The van der Waals surface area contributed by atoms with E-state index in [1.165, 1.54) is 24.8 Å². The second kappa shape index (κ2) is 6.60. The van der Waals surface area contributed by atoms with Gasteiger partial charge in [-0.3, -0.25) is 4.79 Å². The van der Waals surface area contributed by atoms with Crippen molar-refractivity contribution in [2.24, 2.45) is 23.2 Å². The Morgan fingerprint density at radius 2 is 2.08 bits per heavy atom. The number of hydrogen-bond donors (Lipinski definition) is 1. The summed E-state index contributed by atoms with van der Waals surface area (Å²) in [5.74, 6) is 0.971. The summed E-state index contributed by atoms with van der Waals surface area (Å²) in [6.07, 6.45) is 7.40. The summed E-state index contributed by atoms with van der Waals surface area (Å²) >= 11 is 0. The van der Waals surface area contributed by atoms with Gasteiger partial charge in [-0.05, 0) is 30.6 Å². The number of fused-ring (bicyclic) bond motifs is 2. The summed E-state index contributed by atoms with van der Waals surface area (Å²) in [5, 5.41) is 2.26. The minimum atomic E-state index is 0.0138. The summed E-state index contributed by atoms with van der Waals surface area (Å²) < 4.78 is 5.83. The van der Waals surface area contributed by atoms with E-state index < -0.39 is 0 Å². The number of esters is 1. The SMILES string of the molecule is C[C@H]1CCC[C@]2(C)C[C@H]3OC(=O)[C@@H](C[NH2+]Cc4ccccc4)[C@H]3C=C12. The molecule has 3 heteroatoms. The quantitative estimate of drug-likeness (QED) is 0.676. The van der Waals surface area contributed by atoms with E-state index in [0.29, 0.717) is 5.92 Å². The molecule has 1 heterocycles. The van der Waals surface area contributed by atoms with Crippen LogP contribution in [0.25, 0.3) is 0 Å². The van der Waals surface area contributed by atoms with Gasteiger partial charge in [-0.25, -0.2) is 0 Å². The van der Waals surface area contributed by atoms with Crippen LogP contribution in [-0.4, -0.2) is 18.6 Å². The highest BCUT2D eigenvalue weighted by Gasteiger charge is 2.52. The number of quaternary nitrogens is 1. The van der Waals surface area contributed by atoms with E-state index in [1.807, 2.05) is 6.07 Å². The highest BCUT2D eigenvalue weighted by Crippen LogP contribution is 2.53. The van der Waals surface area contributed by atoms with Crippen LogP contribution in [0.5, 0.6) is 0 Å². The van der Waals surface area contributed by atoms with Crippen molar-refractivity contribution in [1.82, 2.24) is 0 Å². The van der Waals surface area contributed by atoms with Gasteiger partial charge in [0.1, 0.15) is 18.6 Å². The number of rotatable bonds is 4. The molecule has 4 rings (SSSR count). The predicted octanol–water partition coefficient (Wildman–Crippen LogP) is 3.06. The fourth-order valence-electron chi connectivity index (χ4n) is 5.36. The standard InChI is InChI=1S/C22H29NO2/c1-15-7-6-10-22(2)12-20-17(11-19(15)22)18(21(24)25-20)14-23-13-16-8-4-3-5-9-16/h3-5,8-9,11,15,17-18,20,23H,6-7,10,12-14H2,1-2H3/p+1/t15-,17+,18-,20+,22+/m0/s1. The predicted molar refractivity (Wildman–Crippen MR) is 97.6 cm³/mol. The Morgan fingerprint density at radius 1 is 1.28 bits per heavy atom. The average Bonchev–Trinajstić information content (AvgIpc) is 2.88. The van der Waals surface area contributed by atoms with E-state index in [9.17, 15) is 4.79 Å². The molecule has 1 aliphatic heterocycles. The van der Waals surface area contributed by atoms with E-state index >= 15 is 0 Å². The molecule has 3 aliphatic rings. The molecule has 0 unspecified atom stereocenters. The minimum Gasteiger partial charge on any atom is -0.461 e. The summed E-state index contributed by atoms with van der Waals surface area (Å²) in [5.41, 5.74) is 3.16. The van der Waals surface area contributed by atoms with Crippen molar-refractivity contribution < 1.29 is 14.8 Å². The summed E-state index contributed by atoms with van der Waals surface area (Å²) in [6, 6.07) is 10.5. The third kappa shape index (κ3) is 3.15. The van der Waals surface area contributed by atoms with Crippen molar-refractivity contribution in [1.29, 1.82) is 0 Å². The number of allylic oxidation sites excluding steroid dienone is 1. The summed E-state index contributed by atoms with van der Waals surface area (Å²) in [6.45, 7) is 6.49. The zero-order valence-corrected chi connectivity index (χ0v) is 15.4. The lowest BCUT2D eigenvalue weighted by atomic mass is 9.59. The summed E-state index contributed by atoms with van der Waals surface area (Å²) in [4.78, 5) is 12.5. The van der Waals surface area contributed by atoms with Crippen LogP contribution in [0.4, 0.5) is 0 Å². The molecule has 0 amide bonds. The van der Waals surface area contributed by atoms with Gasteiger partial charge in [0.15, 0.2) is 0 Å². The van der Waals surface area contributed by atoms with Crippen LogP contribution in [-0.2, 0) is 16.1 Å². The molecule has 2 aliphatic carbocycles. The third-order valence-corrected chi connectivity index (χ3v) is 6.72. The number of ether oxygens (including phenoxy) is 1. The van der Waals surface area contributed by atoms with Crippen LogP contribution in [0.3, 0.4) is 0 Å². The Morgan fingerprint density at radius 3 is 2.88 bits per heavy atom. The first kappa shape index (κ1) is 16.8. The van der Waals surface area contributed by atoms with Gasteiger partial charge < -0.3 is 10.1 Å². The van der Waals surface area contributed by atoms with E-state index in [0.717, 1.165) is 19.5 Å². The Hall–Kier alpha value is -1.61. The van der Waals surface area contributed by atoms with Crippen LogP contribution in [0.2, 0.25) is 0 Å². The lowest BCUT2D eigenvalue weighted by Crippen LogP contribution is -2.84. The van der Waals surface area contributed by atoms with Crippen molar-refractivity contribution >= 4 is 5.97 Å². The van der Waals surface area contributed by atoms with E-state index in [2.05, 4.69) is 49.5 Å². The second-order valence-electron chi connectivity index (χ2n) is 8.55. The maximum atomic E-state index is 12.5.